The van der Waals surface area contributed by atoms with Gasteiger partial charge in [0, 0.05) is 6.08 Å². The van der Waals surface area contributed by atoms with Gasteiger partial charge in [-0.3, -0.25) is 9.59 Å². The monoisotopic (exact) mass is 260 g/mol. The summed E-state index contributed by atoms with van der Waals surface area (Å²) in [4.78, 5) is 42.8. The number of carboxylic acids is 1. The molecule has 0 aromatic heterocycles. The second-order valence-electron chi connectivity index (χ2n) is 3.07. The summed E-state index contributed by atoms with van der Waals surface area (Å²) in [6.07, 6.45) is -0.653. The second-order valence-corrected chi connectivity index (χ2v) is 3.07. The van der Waals surface area contributed by atoms with E-state index in [1.54, 1.807) is 0 Å². The van der Waals surface area contributed by atoms with Gasteiger partial charge in [0.25, 0.3) is 5.78 Å². The van der Waals surface area contributed by atoms with Crippen LogP contribution in [0.5, 0.6) is 0 Å². The number of hydrogen-bond donors (Lipinski definition) is 2. The lowest BCUT2D eigenvalue weighted by molar-refractivity contribution is -0.323. The van der Waals surface area contributed by atoms with Gasteiger partial charge < -0.3 is 19.7 Å². The van der Waals surface area contributed by atoms with Gasteiger partial charge in [-0.25, -0.2) is 9.59 Å². The SMILES string of the molecule is C=CC(=O)OC(O)(CC)OC(=O)CC(=O)C(=O)O. The van der Waals surface area contributed by atoms with Crippen LogP contribution in [-0.4, -0.2) is 39.9 Å². The number of carbonyl (C=O) groups is 4. The fraction of sp³-hybridized carbons (Fsp3) is 0.400. The maximum atomic E-state index is 11.1. The Bertz CT molecular complexity index is 385. The number of ketones is 1. The smallest absolute Gasteiger partial charge is 0.373 e. The van der Waals surface area contributed by atoms with Gasteiger partial charge in [0.2, 0.25) is 0 Å². The number of rotatable bonds is 7. The number of carbonyl (C=O) groups excluding carboxylic acids is 3. The standard InChI is InChI=1S/C10H12O8/c1-3-7(12)17-10(16,4-2)18-8(13)5-6(11)9(14)15/h3,16H,1,4-5H2,2H3,(H,14,15). The zero-order valence-corrected chi connectivity index (χ0v) is 9.54. The quantitative estimate of drug-likeness (QED) is 0.203. The van der Waals surface area contributed by atoms with Crippen LogP contribution < -0.4 is 0 Å². The number of hydrogen-bond acceptors (Lipinski definition) is 7. The van der Waals surface area contributed by atoms with Crippen molar-refractivity contribution >= 4 is 23.7 Å². The van der Waals surface area contributed by atoms with Gasteiger partial charge in [0.15, 0.2) is 0 Å². The molecule has 8 heteroatoms. The predicted molar refractivity (Wildman–Crippen MR) is 54.9 cm³/mol. The van der Waals surface area contributed by atoms with Crippen molar-refractivity contribution < 1.29 is 38.9 Å². The van der Waals surface area contributed by atoms with Gasteiger partial charge in [0.1, 0.15) is 6.42 Å². The molecule has 2 N–H and O–H groups in total. The highest BCUT2D eigenvalue weighted by Gasteiger charge is 2.34. The van der Waals surface area contributed by atoms with Crippen molar-refractivity contribution in [3.05, 3.63) is 12.7 Å². The minimum atomic E-state index is -2.55. The number of Topliss-reactive ketones (excluding diaryl/α,β-unsaturated/α-hetero) is 1. The third kappa shape index (κ3) is 5.21. The fourth-order valence-corrected chi connectivity index (χ4v) is 0.785. The molecule has 0 fully saturated rings. The molecule has 0 aliphatic carbocycles. The molecule has 0 aromatic carbocycles. The van der Waals surface area contributed by atoms with Crippen LogP contribution in [0.3, 0.4) is 0 Å². The average Bonchev–Trinajstić information content (AvgIpc) is 2.28. The molecule has 1 atom stereocenters. The van der Waals surface area contributed by atoms with Gasteiger partial charge in [-0.15, -0.1) is 0 Å². The van der Waals surface area contributed by atoms with E-state index in [1.807, 2.05) is 0 Å². The molecule has 0 heterocycles. The molecular formula is C10H12O8. The molecule has 0 aliphatic rings. The van der Waals surface area contributed by atoms with Crippen molar-refractivity contribution in [2.75, 3.05) is 0 Å². The van der Waals surface area contributed by atoms with Gasteiger partial charge in [0.05, 0.1) is 6.42 Å². The Labute approximate surface area is 102 Å². The average molecular weight is 260 g/mol. The first-order valence-electron chi connectivity index (χ1n) is 4.79. The molecule has 0 bridgehead atoms. The van der Waals surface area contributed by atoms with Crippen molar-refractivity contribution in [2.45, 2.75) is 25.7 Å². The first-order valence-corrected chi connectivity index (χ1v) is 4.79. The molecule has 8 nitrogen and oxygen atoms in total. The summed E-state index contributed by atoms with van der Waals surface area (Å²) in [5.74, 6) is -8.15. The molecule has 0 saturated carbocycles. The highest BCUT2D eigenvalue weighted by molar-refractivity contribution is 6.35. The predicted octanol–water partition coefficient (Wildman–Crippen LogP) is -0.641. The van der Waals surface area contributed by atoms with Crippen molar-refractivity contribution in [2.24, 2.45) is 0 Å². The number of ether oxygens (including phenoxy) is 2. The highest BCUT2D eigenvalue weighted by Crippen LogP contribution is 2.15. The minimum Gasteiger partial charge on any atom is -0.475 e. The lowest BCUT2D eigenvalue weighted by atomic mass is 10.3. The summed E-state index contributed by atoms with van der Waals surface area (Å²) in [6.45, 7) is 4.41. The van der Waals surface area contributed by atoms with Crippen LogP contribution in [0.1, 0.15) is 19.8 Å². The van der Waals surface area contributed by atoms with E-state index in [0.29, 0.717) is 0 Å². The lowest BCUT2D eigenvalue weighted by Gasteiger charge is -2.24. The van der Waals surface area contributed by atoms with E-state index in [-0.39, 0.29) is 6.42 Å². The summed E-state index contributed by atoms with van der Waals surface area (Å²) >= 11 is 0. The maximum Gasteiger partial charge on any atom is 0.373 e. The third-order valence-corrected chi connectivity index (χ3v) is 1.69. The largest absolute Gasteiger partial charge is 0.475 e. The summed E-state index contributed by atoms with van der Waals surface area (Å²) in [7, 11) is 0. The molecule has 100 valence electrons. The van der Waals surface area contributed by atoms with Gasteiger partial charge in [-0.2, -0.15) is 0 Å². The van der Waals surface area contributed by atoms with Crippen LogP contribution in [-0.2, 0) is 28.7 Å². The van der Waals surface area contributed by atoms with E-state index in [4.69, 9.17) is 5.11 Å². The lowest BCUT2D eigenvalue weighted by Crippen LogP contribution is -2.39. The Morgan fingerprint density at radius 2 is 1.83 bits per heavy atom. The Kier molecular flexibility index (Phi) is 5.70. The van der Waals surface area contributed by atoms with Crippen molar-refractivity contribution in [1.29, 1.82) is 0 Å². The van der Waals surface area contributed by atoms with Gasteiger partial charge >= 0.3 is 23.9 Å². The molecular weight excluding hydrogens is 248 g/mol. The van der Waals surface area contributed by atoms with Gasteiger partial charge in [-0.1, -0.05) is 13.5 Å². The zero-order valence-electron chi connectivity index (χ0n) is 9.54. The van der Waals surface area contributed by atoms with Crippen LogP contribution in [0.15, 0.2) is 12.7 Å². The first-order chi connectivity index (χ1) is 8.24. The van der Waals surface area contributed by atoms with E-state index in [2.05, 4.69) is 16.1 Å². The van der Waals surface area contributed by atoms with E-state index >= 15 is 0 Å². The molecule has 0 aliphatic heterocycles. The number of esters is 2. The summed E-state index contributed by atoms with van der Waals surface area (Å²) in [5.41, 5.74) is 0. The molecule has 18 heavy (non-hydrogen) atoms. The van der Waals surface area contributed by atoms with E-state index in [0.717, 1.165) is 6.08 Å². The number of carboxylic acid groups (broad SMARTS) is 1. The Balaban J connectivity index is 4.57. The molecule has 1 unspecified atom stereocenters. The maximum absolute atomic E-state index is 11.1. The van der Waals surface area contributed by atoms with E-state index in [9.17, 15) is 24.3 Å². The highest BCUT2D eigenvalue weighted by atomic mass is 16.8. The molecule has 0 radical (unpaired) electrons. The Morgan fingerprint density at radius 1 is 1.28 bits per heavy atom. The Hall–Kier alpha value is -2.22. The van der Waals surface area contributed by atoms with Crippen LogP contribution in [0.2, 0.25) is 0 Å². The topological polar surface area (TPSA) is 127 Å². The zero-order chi connectivity index (χ0) is 14.3. The molecule has 0 spiro atoms. The minimum absolute atomic E-state index is 0.306. The van der Waals surface area contributed by atoms with Crippen molar-refractivity contribution in [3.8, 4) is 0 Å². The van der Waals surface area contributed by atoms with Crippen LogP contribution in [0, 0.1) is 0 Å². The normalized spacial score (nSPS) is 13.0. The number of aliphatic hydroxyl groups is 1. The molecule has 0 saturated heterocycles. The first kappa shape index (κ1) is 15.8. The van der Waals surface area contributed by atoms with E-state index in [1.165, 1.54) is 6.92 Å². The summed E-state index contributed by atoms with van der Waals surface area (Å²) in [6, 6.07) is 0. The number of aliphatic carboxylic acids is 1. The molecule has 0 amide bonds. The summed E-state index contributed by atoms with van der Waals surface area (Å²) < 4.78 is 8.67. The second kappa shape index (κ2) is 6.50. The Morgan fingerprint density at radius 3 is 2.22 bits per heavy atom. The summed E-state index contributed by atoms with van der Waals surface area (Å²) in [5, 5.41) is 17.8. The van der Waals surface area contributed by atoms with Crippen LogP contribution in [0.4, 0.5) is 0 Å². The van der Waals surface area contributed by atoms with Crippen molar-refractivity contribution in [3.63, 3.8) is 0 Å². The van der Waals surface area contributed by atoms with E-state index < -0.39 is 36.1 Å². The van der Waals surface area contributed by atoms with Crippen LogP contribution >= 0.6 is 0 Å². The molecule has 0 aromatic rings. The molecule has 0 rings (SSSR count). The van der Waals surface area contributed by atoms with Gasteiger partial charge in [-0.05, 0) is 0 Å². The van der Waals surface area contributed by atoms with Crippen molar-refractivity contribution in [1.82, 2.24) is 0 Å². The fourth-order valence-electron chi connectivity index (χ4n) is 0.785. The van der Waals surface area contributed by atoms with Crippen LogP contribution in [0.25, 0.3) is 0 Å². The third-order valence-electron chi connectivity index (χ3n) is 1.69.